The van der Waals surface area contributed by atoms with Crippen LogP contribution in [0.3, 0.4) is 0 Å². The fourth-order valence-corrected chi connectivity index (χ4v) is 3.14. The fraction of sp³-hybridized carbons (Fsp3) is 0.550. The fourth-order valence-electron chi connectivity index (χ4n) is 3.14. The van der Waals surface area contributed by atoms with Gasteiger partial charge in [0.05, 0.1) is 5.54 Å². The minimum absolute atomic E-state index is 0.122. The number of piperidine rings is 1. The van der Waals surface area contributed by atoms with E-state index in [2.05, 4.69) is 5.32 Å². The number of amides is 3. The van der Waals surface area contributed by atoms with Gasteiger partial charge in [0.15, 0.2) is 6.10 Å². The lowest BCUT2D eigenvalue weighted by Gasteiger charge is -2.43. The van der Waals surface area contributed by atoms with Crippen LogP contribution in [0.15, 0.2) is 30.3 Å². The molecule has 1 aromatic carbocycles. The van der Waals surface area contributed by atoms with Crippen LogP contribution in [-0.2, 0) is 20.9 Å². The first-order chi connectivity index (χ1) is 13.5. The molecule has 2 rings (SSSR count). The average Bonchev–Trinajstić information content (AvgIpc) is 2.65. The Morgan fingerprint density at radius 3 is 2.31 bits per heavy atom. The summed E-state index contributed by atoms with van der Waals surface area (Å²) in [4.78, 5) is 37.6. The van der Waals surface area contributed by atoms with E-state index in [0.29, 0.717) is 0 Å². The molecule has 29 heavy (non-hydrogen) atoms. The van der Waals surface area contributed by atoms with Gasteiger partial charge in [-0.25, -0.2) is 9.59 Å². The predicted octanol–water partition coefficient (Wildman–Crippen LogP) is 1.53. The van der Waals surface area contributed by atoms with Crippen molar-refractivity contribution < 1.29 is 29.0 Å². The Labute approximate surface area is 170 Å². The number of carbonyl (C=O) groups excluding carboxylic acids is 3. The number of hydrogen-bond acceptors (Lipinski definition) is 6. The summed E-state index contributed by atoms with van der Waals surface area (Å²) < 4.78 is 10.6. The molecule has 0 aromatic heterocycles. The number of nitrogens with two attached hydrogens (primary N) is 1. The molecule has 0 radical (unpaired) electrons. The zero-order valence-corrected chi connectivity index (χ0v) is 17.0. The van der Waals surface area contributed by atoms with E-state index in [1.165, 1.54) is 4.90 Å². The summed E-state index contributed by atoms with van der Waals surface area (Å²) in [6.07, 6.45) is -2.64. The third kappa shape index (κ3) is 6.35. The number of nitrogens with one attached hydrogen (secondary N) is 1. The SMILES string of the molecule is CC(C)(C)OC(=O)NC1(C(O)C(N)=O)CCN(C(=O)OCc2ccccc2)CC1. The van der Waals surface area contributed by atoms with Crippen LogP contribution in [0.1, 0.15) is 39.2 Å². The summed E-state index contributed by atoms with van der Waals surface area (Å²) in [5, 5.41) is 12.9. The van der Waals surface area contributed by atoms with Gasteiger partial charge < -0.3 is 30.5 Å². The number of carbonyl (C=O) groups is 3. The van der Waals surface area contributed by atoms with Crippen LogP contribution in [0.2, 0.25) is 0 Å². The number of alkyl carbamates (subject to hydrolysis) is 1. The molecule has 1 aliphatic rings. The van der Waals surface area contributed by atoms with Crippen molar-refractivity contribution in [3.63, 3.8) is 0 Å². The minimum Gasteiger partial charge on any atom is -0.445 e. The maximum atomic E-state index is 12.3. The molecule has 0 aliphatic carbocycles. The molecule has 1 fully saturated rings. The quantitative estimate of drug-likeness (QED) is 0.678. The zero-order valence-electron chi connectivity index (χ0n) is 17.0. The molecule has 1 saturated heterocycles. The Morgan fingerprint density at radius 2 is 1.79 bits per heavy atom. The molecule has 1 unspecified atom stereocenters. The normalized spacial score (nSPS) is 17.2. The van der Waals surface area contributed by atoms with E-state index < -0.39 is 35.3 Å². The van der Waals surface area contributed by atoms with Gasteiger partial charge in [0.25, 0.3) is 0 Å². The van der Waals surface area contributed by atoms with E-state index in [0.717, 1.165) is 5.56 Å². The number of rotatable bonds is 5. The number of primary amides is 1. The smallest absolute Gasteiger partial charge is 0.410 e. The Bertz CT molecular complexity index is 723. The number of hydrogen-bond donors (Lipinski definition) is 3. The molecular formula is C20H29N3O6. The number of ether oxygens (including phenoxy) is 2. The van der Waals surface area contributed by atoms with Gasteiger partial charge in [0, 0.05) is 13.1 Å². The molecule has 0 saturated carbocycles. The van der Waals surface area contributed by atoms with Gasteiger partial charge >= 0.3 is 12.2 Å². The van der Waals surface area contributed by atoms with Crippen LogP contribution in [0.5, 0.6) is 0 Å². The van der Waals surface area contributed by atoms with Crippen LogP contribution in [0, 0.1) is 0 Å². The molecule has 9 nitrogen and oxygen atoms in total. The van der Waals surface area contributed by atoms with E-state index in [4.69, 9.17) is 15.2 Å². The molecule has 1 aliphatic heterocycles. The lowest BCUT2D eigenvalue weighted by molar-refractivity contribution is -0.131. The van der Waals surface area contributed by atoms with Crippen molar-refractivity contribution in [1.29, 1.82) is 0 Å². The Kier molecular flexibility index (Phi) is 7.07. The highest BCUT2D eigenvalue weighted by atomic mass is 16.6. The molecule has 1 atom stereocenters. The van der Waals surface area contributed by atoms with Crippen molar-refractivity contribution in [2.75, 3.05) is 13.1 Å². The Morgan fingerprint density at radius 1 is 1.21 bits per heavy atom. The average molecular weight is 407 g/mol. The molecule has 0 bridgehead atoms. The Hall–Kier alpha value is -2.81. The van der Waals surface area contributed by atoms with Crippen molar-refractivity contribution in [2.45, 2.75) is 57.5 Å². The lowest BCUT2D eigenvalue weighted by Crippen LogP contribution is -2.65. The molecule has 160 valence electrons. The first-order valence-corrected chi connectivity index (χ1v) is 9.47. The van der Waals surface area contributed by atoms with Crippen molar-refractivity contribution in [1.82, 2.24) is 10.2 Å². The highest BCUT2D eigenvalue weighted by molar-refractivity contribution is 5.82. The standard InChI is InChI=1S/C20H29N3O6/c1-19(2,3)29-17(26)22-20(15(24)16(21)25)9-11-23(12-10-20)18(27)28-13-14-7-5-4-6-8-14/h4-8,15,24H,9-13H2,1-3H3,(H2,21,25)(H,22,26). The van der Waals surface area contributed by atoms with Gasteiger partial charge in [-0.3, -0.25) is 4.79 Å². The zero-order chi connectivity index (χ0) is 21.7. The van der Waals surface area contributed by atoms with Crippen LogP contribution < -0.4 is 11.1 Å². The van der Waals surface area contributed by atoms with Crippen molar-refractivity contribution in [3.05, 3.63) is 35.9 Å². The van der Waals surface area contributed by atoms with Crippen molar-refractivity contribution in [2.24, 2.45) is 5.73 Å². The van der Waals surface area contributed by atoms with E-state index >= 15 is 0 Å². The number of nitrogens with zero attached hydrogens (tertiary/aromatic N) is 1. The Balaban J connectivity index is 1.99. The molecule has 9 heteroatoms. The molecule has 3 amide bonds. The molecule has 1 aromatic rings. The van der Waals surface area contributed by atoms with Gasteiger partial charge in [-0.05, 0) is 39.2 Å². The maximum Gasteiger partial charge on any atom is 0.410 e. The second-order valence-electron chi connectivity index (χ2n) is 8.12. The van der Waals surface area contributed by atoms with Crippen LogP contribution >= 0.6 is 0 Å². The van der Waals surface area contributed by atoms with Crippen molar-refractivity contribution >= 4 is 18.1 Å². The highest BCUT2D eigenvalue weighted by Crippen LogP contribution is 2.27. The largest absolute Gasteiger partial charge is 0.445 e. The van der Waals surface area contributed by atoms with Gasteiger partial charge in [-0.2, -0.15) is 0 Å². The summed E-state index contributed by atoms with van der Waals surface area (Å²) in [6, 6.07) is 9.28. The van der Waals surface area contributed by atoms with Crippen molar-refractivity contribution in [3.8, 4) is 0 Å². The topological polar surface area (TPSA) is 131 Å². The monoisotopic (exact) mass is 407 g/mol. The van der Waals surface area contributed by atoms with Gasteiger partial charge in [0.2, 0.25) is 5.91 Å². The van der Waals surface area contributed by atoms with Gasteiger partial charge in [-0.1, -0.05) is 30.3 Å². The number of aliphatic hydroxyl groups is 1. The summed E-state index contributed by atoms with van der Waals surface area (Å²) >= 11 is 0. The first-order valence-electron chi connectivity index (χ1n) is 9.47. The molecular weight excluding hydrogens is 378 g/mol. The van der Waals surface area contributed by atoms with E-state index in [1.54, 1.807) is 20.8 Å². The third-order valence-electron chi connectivity index (χ3n) is 4.66. The van der Waals surface area contributed by atoms with Gasteiger partial charge in [-0.15, -0.1) is 0 Å². The summed E-state index contributed by atoms with van der Waals surface area (Å²) in [5.41, 5.74) is 4.08. The summed E-state index contributed by atoms with van der Waals surface area (Å²) in [6.45, 7) is 5.60. The second kappa shape index (κ2) is 9.13. The van der Waals surface area contributed by atoms with E-state index in [9.17, 15) is 19.5 Å². The highest BCUT2D eigenvalue weighted by Gasteiger charge is 2.46. The second-order valence-corrected chi connectivity index (χ2v) is 8.12. The third-order valence-corrected chi connectivity index (χ3v) is 4.66. The first kappa shape index (κ1) is 22.5. The number of aliphatic hydroxyl groups excluding tert-OH is 1. The van der Waals surface area contributed by atoms with Crippen LogP contribution in [0.4, 0.5) is 9.59 Å². The van der Waals surface area contributed by atoms with Crippen LogP contribution in [-0.4, -0.2) is 58.4 Å². The predicted molar refractivity (Wildman–Crippen MR) is 105 cm³/mol. The summed E-state index contributed by atoms with van der Waals surface area (Å²) in [7, 11) is 0. The van der Waals surface area contributed by atoms with Gasteiger partial charge in [0.1, 0.15) is 12.2 Å². The molecule has 0 spiro atoms. The van der Waals surface area contributed by atoms with E-state index in [-0.39, 0.29) is 32.5 Å². The number of benzene rings is 1. The molecule has 1 heterocycles. The van der Waals surface area contributed by atoms with Crippen LogP contribution in [0.25, 0.3) is 0 Å². The minimum atomic E-state index is -1.61. The molecule has 4 N–H and O–H groups in total. The maximum absolute atomic E-state index is 12.3. The number of likely N-dealkylation sites (tertiary alicyclic amines) is 1. The lowest BCUT2D eigenvalue weighted by atomic mass is 9.82. The summed E-state index contributed by atoms with van der Waals surface area (Å²) in [5.74, 6) is -0.957. The van der Waals surface area contributed by atoms with E-state index in [1.807, 2.05) is 30.3 Å².